The summed E-state index contributed by atoms with van der Waals surface area (Å²) >= 11 is 0. The SMILES string of the molecule is O=C(O)c1ccc(C(=O)/C=C/c2cc(F)ccc2F)c(O)c1. The van der Waals surface area contributed by atoms with Crippen LogP contribution in [0, 0.1) is 11.6 Å². The molecule has 0 aromatic heterocycles. The molecule has 6 heteroatoms. The van der Waals surface area contributed by atoms with Crippen molar-refractivity contribution < 1.29 is 28.6 Å². The molecule has 0 bridgehead atoms. The lowest BCUT2D eigenvalue weighted by molar-refractivity contribution is 0.0696. The van der Waals surface area contributed by atoms with E-state index in [1.807, 2.05) is 0 Å². The number of aromatic carboxylic acids is 1. The van der Waals surface area contributed by atoms with Gasteiger partial charge >= 0.3 is 5.97 Å². The predicted molar refractivity (Wildman–Crippen MR) is 74.8 cm³/mol. The van der Waals surface area contributed by atoms with Crippen molar-refractivity contribution in [3.63, 3.8) is 0 Å². The fourth-order valence-corrected chi connectivity index (χ4v) is 1.77. The van der Waals surface area contributed by atoms with Crippen molar-refractivity contribution in [2.45, 2.75) is 0 Å². The molecule has 112 valence electrons. The number of carboxylic acids is 1. The summed E-state index contributed by atoms with van der Waals surface area (Å²) in [5, 5.41) is 18.4. The monoisotopic (exact) mass is 304 g/mol. The first-order chi connectivity index (χ1) is 10.4. The van der Waals surface area contributed by atoms with E-state index in [9.17, 15) is 23.5 Å². The van der Waals surface area contributed by atoms with Crippen molar-refractivity contribution in [1.82, 2.24) is 0 Å². The van der Waals surface area contributed by atoms with Gasteiger partial charge in [0.25, 0.3) is 0 Å². The maximum Gasteiger partial charge on any atom is 0.335 e. The number of carbonyl (C=O) groups excluding carboxylic acids is 1. The number of phenols is 1. The zero-order chi connectivity index (χ0) is 16.3. The molecule has 2 N–H and O–H groups in total. The van der Waals surface area contributed by atoms with Gasteiger partial charge in [-0.2, -0.15) is 0 Å². The summed E-state index contributed by atoms with van der Waals surface area (Å²) in [7, 11) is 0. The van der Waals surface area contributed by atoms with Gasteiger partial charge in [0, 0.05) is 5.56 Å². The van der Waals surface area contributed by atoms with Crippen LogP contribution in [0.25, 0.3) is 6.08 Å². The summed E-state index contributed by atoms with van der Waals surface area (Å²) in [6.45, 7) is 0. The number of aromatic hydroxyl groups is 1. The van der Waals surface area contributed by atoms with E-state index < -0.39 is 29.1 Å². The molecule has 0 heterocycles. The van der Waals surface area contributed by atoms with E-state index in [2.05, 4.69) is 0 Å². The van der Waals surface area contributed by atoms with Gasteiger partial charge in [-0.3, -0.25) is 4.79 Å². The van der Waals surface area contributed by atoms with Gasteiger partial charge in [-0.15, -0.1) is 0 Å². The number of rotatable bonds is 4. The van der Waals surface area contributed by atoms with Crippen LogP contribution in [0.1, 0.15) is 26.3 Å². The Morgan fingerprint density at radius 1 is 1.05 bits per heavy atom. The lowest BCUT2D eigenvalue weighted by Crippen LogP contribution is -2.00. The molecule has 2 rings (SSSR count). The molecular formula is C16H10F2O4. The van der Waals surface area contributed by atoms with Gasteiger partial charge in [0.05, 0.1) is 11.1 Å². The summed E-state index contributed by atoms with van der Waals surface area (Å²) in [4.78, 5) is 22.6. The molecule has 0 saturated heterocycles. The molecule has 0 amide bonds. The van der Waals surface area contributed by atoms with Gasteiger partial charge in [0.1, 0.15) is 17.4 Å². The molecule has 0 unspecified atom stereocenters. The first kappa shape index (κ1) is 15.4. The molecule has 0 radical (unpaired) electrons. The highest BCUT2D eigenvalue weighted by Gasteiger charge is 2.12. The maximum absolute atomic E-state index is 13.4. The van der Waals surface area contributed by atoms with Crippen LogP contribution < -0.4 is 0 Å². The van der Waals surface area contributed by atoms with Gasteiger partial charge < -0.3 is 10.2 Å². The Morgan fingerprint density at radius 3 is 2.41 bits per heavy atom. The average molecular weight is 304 g/mol. The topological polar surface area (TPSA) is 74.6 Å². The lowest BCUT2D eigenvalue weighted by Gasteiger charge is -2.02. The Bertz CT molecular complexity index is 782. The highest BCUT2D eigenvalue weighted by atomic mass is 19.1. The normalized spacial score (nSPS) is 10.8. The number of hydrogen-bond acceptors (Lipinski definition) is 3. The van der Waals surface area contributed by atoms with Crippen LogP contribution in [0.5, 0.6) is 5.75 Å². The highest BCUT2D eigenvalue weighted by Crippen LogP contribution is 2.20. The molecule has 22 heavy (non-hydrogen) atoms. The molecule has 2 aromatic carbocycles. The fourth-order valence-electron chi connectivity index (χ4n) is 1.77. The minimum Gasteiger partial charge on any atom is -0.507 e. The van der Waals surface area contributed by atoms with E-state index in [0.29, 0.717) is 0 Å². The van der Waals surface area contributed by atoms with E-state index >= 15 is 0 Å². The predicted octanol–water partition coefficient (Wildman–Crippen LogP) is 3.26. The van der Waals surface area contributed by atoms with Crippen LogP contribution in [0.3, 0.4) is 0 Å². The molecule has 2 aromatic rings. The minimum absolute atomic E-state index is 0.116. The number of phenolic OH excluding ortho intramolecular Hbond substituents is 1. The van der Waals surface area contributed by atoms with E-state index in [-0.39, 0.29) is 16.7 Å². The first-order valence-electron chi connectivity index (χ1n) is 6.12. The van der Waals surface area contributed by atoms with Gasteiger partial charge in [-0.1, -0.05) is 0 Å². The molecule has 4 nitrogen and oxygen atoms in total. The summed E-state index contributed by atoms with van der Waals surface area (Å²) < 4.78 is 26.4. The maximum atomic E-state index is 13.4. The Kier molecular flexibility index (Phi) is 4.31. The Hall–Kier alpha value is -3.02. The molecule has 0 aliphatic carbocycles. The Labute approximate surface area is 124 Å². The molecular weight excluding hydrogens is 294 g/mol. The largest absolute Gasteiger partial charge is 0.507 e. The van der Waals surface area contributed by atoms with Crippen molar-refractivity contribution in [3.05, 3.63) is 70.8 Å². The average Bonchev–Trinajstić information content (AvgIpc) is 2.47. The molecule has 0 spiro atoms. The zero-order valence-electron chi connectivity index (χ0n) is 11.1. The van der Waals surface area contributed by atoms with Gasteiger partial charge in [-0.25, -0.2) is 13.6 Å². The smallest absolute Gasteiger partial charge is 0.335 e. The molecule has 0 aliphatic heterocycles. The number of halogens is 2. The minimum atomic E-state index is -1.24. The molecule has 0 aliphatic rings. The number of allylic oxidation sites excluding steroid dienone is 1. The quantitative estimate of drug-likeness (QED) is 0.671. The number of ketones is 1. The first-order valence-corrected chi connectivity index (χ1v) is 6.12. The molecule has 0 atom stereocenters. The second-order valence-corrected chi connectivity index (χ2v) is 4.40. The van der Waals surface area contributed by atoms with Crippen LogP contribution in [0.4, 0.5) is 8.78 Å². The fraction of sp³-hybridized carbons (Fsp3) is 0. The third-order valence-corrected chi connectivity index (χ3v) is 2.88. The van der Waals surface area contributed by atoms with Crippen molar-refractivity contribution in [3.8, 4) is 5.75 Å². The van der Waals surface area contributed by atoms with Gasteiger partial charge in [0.2, 0.25) is 0 Å². The highest BCUT2D eigenvalue weighted by molar-refractivity contribution is 6.09. The second kappa shape index (κ2) is 6.17. The number of carbonyl (C=O) groups is 2. The molecule has 0 saturated carbocycles. The summed E-state index contributed by atoms with van der Waals surface area (Å²) in [6.07, 6.45) is 2.04. The third kappa shape index (κ3) is 3.35. The van der Waals surface area contributed by atoms with Gasteiger partial charge in [-0.05, 0) is 48.6 Å². The van der Waals surface area contributed by atoms with E-state index in [0.717, 1.165) is 48.6 Å². The Morgan fingerprint density at radius 2 is 1.77 bits per heavy atom. The van der Waals surface area contributed by atoms with Crippen LogP contribution in [0.15, 0.2) is 42.5 Å². The third-order valence-electron chi connectivity index (χ3n) is 2.88. The van der Waals surface area contributed by atoms with Crippen LogP contribution in [-0.2, 0) is 0 Å². The summed E-state index contributed by atoms with van der Waals surface area (Å²) in [6, 6.07) is 6.04. The standard InChI is InChI=1S/C16H10F2O4/c17-11-3-5-13(18)9(7-11)2-6-14(19)12-4-1-10(16(21)22)8-15(12)20/h1-8,20H,(H,21,22)/b6-2+. The van der Waals surface area contributed by atoms with E-state index in [1.165, 1.54) is 0 Å². The van der Waals surface area contributed by atoms with Crippen LogP contribution in [0.2, 0.25) is 0 Å². The number of carboxylic acid groups (broad SMARTS) is 1. The van der Waals surface area contributed by atoms with Crippen molar-refractivity contribution in [2.24, 2.45) is 0 Å². The number of hydrogen-bond donors (Lipinski definition) is 2. The zero-order valence-corrected chi connectivity index (χ0v) is 11.1. The van der Waals surface area contributed by atoms with Crippen LogP contribution in [-0.4, -0.2) is 22.0 Å². The van der Waals surface area contributed by atoms with E-state index in [1.54, 1.807) is 0 Å². The molecule has 0 fully saturated rings. The van der Waals surface area contributed by atoms with Crippen molar-refractivity contribution in [2.75, 3.05) is 0 Å². The van der Waals surface area contributed by atoms with Crippen LogP contribution >= 0.6 is 0 Å². The van der Waals surface area contributed by atoms with E-state index in [4.69, 9.17) is 5.11 Å². The Balaban J connectivity index is 2.27. The number of benzene rings is 2. The summed E-state index contributed by atoms with van der Waals surface area (Å²) in [5.41, 5.74) is -0.428. The van der Waals surface area contributed by atoms with Crippen molar-refractivity contribution in [1.29, 1.82) is 0 Å². The second-order valence-electron chi connectivity index (χ2n) is 4.40. The van der Waals surface area contributed by atoms with Gasteiger partial charge in [0.15, 0.2) is 5.78 Å². The lowest BCUT2D eigenvalue weighted by atomic mass is 10.1. The van der Waals surface area contributed by atoms with Crippen molar-refractivity contribution >= 4 is 17.8 Å². The summed E-state index contributed by atoms with van der Waals surface area (Å²) in [5.74, 6) is -3.77.